The third-order valence-electron chi connectivity index (χ3n) is 2.56. The van der Waals surface area contributed by atoms with Crippen LogP contribution in [0.5, 0.6) is 5.75 Å². The molecule has 1 unspecified atom stereocenters. The minimum absolute atomic E-state index is 0.155. The number of hydrogen-bond acceptors (Lipinski definition) is 2. The molecule has 0 aliphatic rings. The average Bonchev–Trinajstić information content (AvgIpc) is 2.26. The zero-order chi connectivity index (χ0) is 12.7. The van der Waals surface area contributed by atoms with Crippen LogP contribution in [0.3, 0.4) is 0 Å². The van der Waals surface area contributed by atoms with Crippen molar-refractivity contribution >= 4 is 11.6 Å². The first-order chi connectivity index (χ1) is 8.13. The summed E-state index contributed by atoms with van der Waals surface area (Å²) in [5.74, 6) is 0.774. The Morgan fingerprint density at radius 3 is 2.71 bits per heavy atom. The van der Waals surface area contributed by atoms with E-state index in [1.165, 1.54) is 12.8 Å². The van der Waals surface area contributed by atoms with Gasteiger partial charge in [-0.25, -0.2) is 0 Å². The lowest BCUT2D eigenvalue weighted by molar-refractivity contribution is 0.306. The average molecular weight is 256 g/mol. The van der Waals surface area contributed by atoms with Gasteiger partial charge in [0.25, 0.3) is 0 Å². The first kappa shape index (κ1) is 14.3. The van der Waals surface area contributed by atoms with E-state index in [9.17, 15) is 0 Å². The second kappa shape index (κ2) is 7.57. The summed E-state index contributed by atoms with van der Waals surface area (Å²) in [5.41, 5.74) is 6.91. The van der Waals surface area contributed by atoms with Gasteiger partial charge in [-0.2, -0.15) is 0 Å². The predicted molar refractivity (Wildman–Crippen MR) is 73.8 cm³/mol. The molecular weight excluding hydrogens is 234 g/mol. The number of benzene rings is 1. The van der Waals surface area contributed by atoms with Gasteiger partial charge in [0.1, 0.15) is 5.75 Å². The summed E-state index contributed by atoms with van der Waals surface area (Å²) in [4.78, 5) is 0. The monoisotopic (exact) mass is 255 g/mol. The van der Waals surface area contributed by atoms with Crippen LogP contribution in [0.25, 0.3) is 0 Å². The Morgan fingerprint density at radius 2 is 2.12 bits per heavy atom. The maximum Gasteiger partial charge on any atom is 0.137 e. The summed E-state index contributed by atoms with van der Waals surface area (Å²) in [7, 11) is 0. The Hall–Kier alpha value is -0.730. The largest absolute Gasteiger partial charge is 0.492 e. The maximum absolute atomic E-state index is 6.16. The van der Waals surface area contributed by atoms with E-state index in [0.717, 1.165) is 30.8 Å². The summed E-state index contributed by atoms with van der Waals surface area (Å²) in [6.07, 6.45) is 4.31. The molecule has 0 aliphatic carbocycles. The highest BCUT2D eigenvalue weighted by Gasteiger charge is 2.04. The van der Waals surface area contributed by atoms with Crippen LogP contribution in [0, 0.1) is 0 Å². The lowest BCUT2D eigenvalue weighted by Crippen LogP contribution is -2.17. The molecule has 0 fully saturated rings. The number of unbranched alkanes of at least 4 members (excludes halogenated alkanes) is 2. The van der Waals surface area contributed by atoms with Gasteiger partial charge in [0.05, 0.1) is 11.6 Å². The molecule has 0 saturated heterocycles. The van der Waals surface area contributed by atoms with E-state index in [2.05, 4.69) is 6.92 Å². The molecule has 96 valence electrons. The third-order valence-corrected chi connectivity index (χ3v) is 2.85. The lowest BCUT2D eigenvalue weighted by Gasteiger charge is -2.10. The van der Waals surface area contributed by atoms with Crippen molar-refractivity contribution < 1.29 is 4.74 Å². The number of ether oxygens (including phenoxy) is 1. The van der Waals surface area contributed by atoms with E-state index in [-0.39, 0.29) is 6.04 Å². The van der Waals surface area contributed by atoms with Gasteiger partial charge < -0.3 is 10.5 Å². The van der Waals surface area contributed by atoms with Crippen LogP contribution in [0.15, 0.2) is 18.2 Å². The van der Waals surface area contributed by atoms with Crippen molar-refractivity contribution in [1.29, 1.82) is 0 Å². The zero-order valence-electron chi connectivity index (χ0n) is 10.7. The molecular formula is C14H22ClNO. The van der Waals surface area contributed by atoms with Gasteiger partial charge >= 0.3 is 0 Å². The Labute approximate surface area is 109 Å². The van der Waals surface area contributed by atoms with Gasteiger partial charge in [-0.1, -0.05) is 37.4 Å². The van der Waals surface area contributed by atoms with Gasteiger partial charge in [-0.3, -0.25) is 0 Å². The molecule has 0 amide bonds. The summed E-state index contributed by atoms with van der Waals surface area (Å²) in [5, 5.41) is 0.680. The molecule has 1 rings (SSSR count). The lowest BCUT2D eigenvalue weighted by atomic mass is 10.1. The summed E-state index contributed by atoms with van der Waals surface area (Å²) in [6.45, 7) is 4.90. The van der Waals surface area contributed by atoms with Gasteiger partial charge in [-0.15, -0.1) is 0 Å². The third kappa shape index (κ3) is 5.42. The highest BCUT2D eigenvalue weighted by Crippen LogP contribution is 2.26. The van der Waals surface area contributed by atoms with E-state index in [1.807, 2.05) is 25.1 Å². The molecule has 2 N–H and O–H groups in total. The molecule has 0 aromatic heterocycles. The smallest absolute Gasteiger partial charge is 0.137 e. The molecule has 0 aliphatic heterocycles. The van der Waals surface area contributed by atoms with Crippen LogP contribution >= 0.6 is 11.6 Å². The van der Waals surface area contributed by atoms with Crippen LogP contribution in [0.1, 0.15) is 38.7 Å². The zero-order valence-corrected chi connectivity index (χ0v) is 11.5. The highest BCUT2D eigenvalue weighted by molar-refractivity contribution is 6.32. The van der Waals surface area contributed by atoms with Crippen molar-refractivity contribution in [3.8, 4) is 5.75 Å². The van der Waals surface area contributed by atoms with Crippen LogP contribution in [-0.4, -0.2) is 12.6 Å². The first-order valence-corrected chi connectivity index (χ1v) is 6.68. The maximum atomic E-state index is 6.16. The molecule has 17 heavy (non-hydrogen) atoms. The van der Waals surface area contributed by atoms with Crippen molar-refractivity contribution in [2.75, 3.05) is 6.61 Å². The second-order valence-corrected chi connectivity index (χ2v) is 4.91. The normalized spacial score (nSPS) is 12.5. The van der Waals surface area contributed by atoms with Crippen LogP contribution in [0.4, 0.5) is 0 Å². The standard InChI is InChI=1S/C14H22ClNO/c1-3-4-5-8-17-14-7-6-12(9-11(2)16)10-13(14)15/h6-7,10-11H,3-5,8-9,16H2,1-2H3. The Morgan fingerprint density at radius 1 is 1.35 bits per heavy atom. The fourth-order valence-corrected chi connectivity index (χ4v) is 1.95. The van der Waals surface area contributed by atoms with Gasteiger partial charge in [0.15, 0.2) is 0 Å². The van der Waals surface area contributed by atoms with E-state index in [4.69, 9.17) is 22.1 Å². The minimum Gasteiger partial charge on any atom is -0.492 e. The summed E-state index contributed by atoms with van der Waals surface area (Å²) in [6, 6.07) is 6.07. The summed E-state index contributed by atoms with van der Waals surface area (Å²) < 4.78 is 5.64. The van der Waals surface area contributed by atoms with Crippen LogP contribution in [0.2, 0.25) is 5.02 Å². The van der Waals surface area contributed by atoms with Gasteiger partial charge in [0.2, 0.25) is 0 Å². The van der Waals surface area contributed by atoms with Crippen molar-refractivity contribution in [1.82, 2.24) is 0 Å². The SMILES string of the molecule is CCCCCOc1ccc(CC(C)N)cc1Cl. The van der Waals surface area contributed by atoms with Gasteiger partial charge in [0, 0.05) is 6.04 Å². The number of rotatable bonds is 7. The molecule has 2 nitrogen and oxygen atoms in total. The van der Waals surface area contributed by atoms with E-state index in [1.54, 1.807) is 0 Å². The van der Waals surface area contributed by atoms with E-state index in [0.29, 0.717) is 5.02 Å². The number of nitrogens with two attached hydrogens (primary N) is 1. The molecule has 0 heterocycles. The number of hydrogen-bond donors (Lipinski definition) is 1. The molecule has 0 bridgehead atoms. The molecule has 1 aromatic carbocycles. The molecule has 1 aromatic rings. The molecule has 0 saturated carbocycles. The summed E-state index contributed by atoms with van der Waals surface area (Å²) >= 11 is 6.16. The van der Waals surface area contributed by atoms with Gasteiger partial charge in [-0.05, 0) is 37.5 Å². The van der Waals surface area contributed by atoms with E-state index >= 15 is 0 Å². The minimum atomic E-state index is 0.155. The Balaban J connectivity index is 2.51. The van der Waals surface area contributed by atoms with E-state index < -0.39 is 0 Å². The van der Waals surface area contributed by atoms with Crippen molar-refractivity contribution in [3.63, 3.8) is 0 Å². The molecule has 3 heteroatoms. The van der Waals surface area contributed by atoms with Crippen LogP contribution in [-0.2, 0) is 6.42 Å². The van der Waals surface area contributed by atoms with Crippen molar-refractivity contribution in [2.24, 2.45) is 5.73 Å². The van der Waals surface area contributed by atoms with Crippen molar-refractivity contribution in [2.45, 2.75) is 45.6 Å². The molecule has 0 radical (unpaired) electrons. The fourth-order valence-electron chi connectivity index (χ4n) is 1.69. The fraction of sp³-hybridized carbons (Fsp3) is 0.571. The second-order valence-electron chi connectivity index (χ2n) is 4.50. The highest BCUT2D eigenvalue weighted by atomic mass is 35.5. The van der Waals surface area contributed by atoms with Crippen molar-refractivity contribution in [3.05, 3.63) is 28.8 Å². The Kier molecular flexibility index (Phi) is 6.38. The number of halogens is 1. The predicted octanol–water partition coefficient (Wildman–Crippen LogP) is 3.80. The Bertz CT molecular complexity index is 339. The molecule has 0 spiro atoms. The molecule has 1 atom stereocenters. The first-order valence-electron chi connectivity index (χ1n) is 6.30. The topological polar surface area (TPSA) is 35.2 Å². The van der Waals surface area contributed by atoms with Crippen LogP contribution < -0.4 is 10.5 Å². The quantitative estimate of drug-likeness (QED) is 0.753.